The monoisotopic (exact) mass is 484 g/mol. The van der Waals surface area contributed by atoms with Crippen molar-refractivity contribution in [1.82, 2.24) is 10.2 Å². The minimum absolute atomic E-state index is 0.173. The molecule has 0 radical (unpaired) electrons. The lowest BCUT2D eigenvalue weighted by Gasteiger charge is -2.31. The van der Waals surface area contributed by atoms with Crippen LogP contribution in [0.15, 0.2) is 72.8 Å². The second-order valence-electron chi connectivity index (χ2n) is 7.63. The Labute approximate surface area is 204 Å². The standard InChI is InChI=1S/C26H26Cl2N2O3/c1-18-14-21(12-13-22(18)27)33-17-25(31)30(16-20-10-6-7-11-23(20)28)24(26(32)29-2)15-19-8-4-3-5-9-19/h3-14,24H,15-17H2,1-2H3,(H,29,32). The van der Waals surface area contributed by atoms with E-state index < -0.39 is 6.04 Å². The maximum absolute atomic E-state index is 13.4. The number of ether oxygens (including phenoxy) is 1. The normalized spacial score (nSPS) is 11.5. The van der Waals surface area contributed by atoms with Gasteiger partial charge in [0.15, 0.2) is 6.61 Å². The fourth-order valence-electron chi connectivity index (χ4n) is 3.47. The van der Waals surface area contributed by atoms with E-state index in [-0.39, 0.29) is 25.0 Å². The number of hydrogen-bond acceptors (Lipinski definition) is 3. The zero-order valence-corrected chi connectivity index (χ0v) is 20.1. The molecule has 0 saturated carbocycles. The van der Waals surface area contributed by atoms with E-state index >= 15 is 0 Å². The van der Waals surface area contributed by atoms with Crippen molar-refractivity contribution < 1.29 is 14.3 Å². The summed E-state index contributed by atoms with van der Waals surface area (Å²) in [4.78, 5) is 27.8. The second-order valence-corrected chi connectivity index (χ2v) is 8.45. The van der Waals surface area contributed by atoms with E-state index in [0.717, 1.165) is 16.7 Å². The molecule has 5 nitrogen and oxygen atoms in total. The quantitative estimate of drug-likeness (QED) is 0.461. The summed E-state index contributed by atoms with van der Waals surface area (Å²) in [6, 6.07) is 21.3. The van der Waals surface area contributed by atoms with E-state index in [1.807, 2.05) is 55.5 Å². The fraction of sp³-hybridized carbons (Fsp3) is 0.231. The minimum atomic E-state index is -0.739. The van der Waals surface area contributed by atoms with Crippen LogP contribution < -0.4 is 10.1 Å². The molecule has 7 heteroatoms. The average molecular weight is 485 g/mol. The van der Waals surface area contributed by atoms with Gasteiger partial charge in [-0.1, -0.05) is 71.7 Å². The number of benzene rings is 3. The highest BCUT2D eigenvalue weighted by atomic mass is 35.5. The Bertz CT molecular complexity index is 1110. The molecule has 3 aromatic carbocycles. The first-order valence-electron chi connectivity index (χ1n) is 10.6. The topological polar surface area (TPSA) is 58.6 Å². The first-order valence-corrected chi connectivity index (χ1v) is 11.3. The molecule has 0 fully saturated rings. The number of likely N-dealkylation sites (N-methyl/N-ethyl adjacent to an activating group) is 1. The summed E-state index contributed by atoms with van der Waals surface area (Å²) in [5.74, 6) is -0.0591. The Hall–Kier alpha value is -3.02. The van der Waals surface area contributed by atoms with Crippen LogP contribution >= 0.6 is 23.2 Å². The molecule has 0 bridgehead atoms. The number of halogens is 2. The molecular weight excluding hydrogens is 459 g/mol. The van der Waals surface area contributed by atoms with Crippen LogP contribution in [0, 0.1) is 6.92 Å². The van der Waals surface area contributed by atoms with Gasteiger partial charge in [0.1, 0.15) is 11.8 Å². The van der Waals surface area contributed by atoms with Crippen LogP contribution in [0.5, 0.6) is 5.75 Å². The van der Waals surface area contributed by atoms with Gasteiger partial charge in [-0.3, -0.25) is 9.59 Å². The summed E-state index contributed by atoms with van der Waals surface area (Å²) in [5.41, 5.74) is 2.54. The average Bonchev–Trinajstić information content (AvgIpc) is 2.83. The van der Waals surface area contributed by atoms with Crippen LogP contribution in [0.3, 0.4) is 0 Å². The third kappa shape index (κ3) is 6.73. The van der Waals surface area contributed by atoms with Gasteiger partial charge in [-0.2, -0.15) is 0 Å². The van der Waals surface area contributed by atoms with Crippen LogP contribution in [0.1, 0.15) is 16.7 Å². The number of rotatable bonds is 9. The molecule has 0 aliphatic rings. The second kappa shape index (κ2) is 11.7. The molecule has 3 aromatic rings. The highest BCUT2D eigenvalue weighted by Crippen LogP contribution is 2.23. The zero-order chi connectivity index (χ0) is 23.8. The Balaban J connectivity index is 1.88. The number of aryl methyl sites for hydroxylation is 1. The van der Waals surface area contributed by atoms with Crippen LogP contribution in [-0.4, -0.2) is 36.4 Å². The predicted octanol–water partition coefficient (Wildman–Crippen LogP) is 5.07. The molecule has 172 valence electrons. The lowest BCUT2D eigenvalue weighted by molar-refractivity contribution is -0.142. The van der Waals surface area contributed by atoms with E-state index in [2.05, 4.69) is 5.32 Å². The van der Waals surface area contributed by atoms with E-state index in [9.17, 15) is 9.59 Å². The minimum Gasteiger partial charge on any atom is -0.484 e. The molecule has 1 N–H and O–H groups in total. The number of carbonyl (C=O) groups is 2. The van der Waals surface area contributed by atoms with Crippen LogP contribution in [0.25, 0.3) is 0 Å². The molecule has 0 aliphatic heterocycles. The molecule has 2 amide bonds. The predicted molar refractivity (Wildman–Crippen MR) is 132 cm³/mol. The maximum atomic E-state index is 13.4. The molecule has 33 heavy (non-hydrogen) atoms. The number of nitrogens with one attached hydrogen (secondary N) is 1. The first kappa shape index (κ1) is 24.6. The van der Waals surface area contributed by atoms with Crippen LogP contribution in [-0.2, 0) is 22.6 Å². The first-order chi connectivity index (χ1) is 15.9. The summed E-state index contributed by atoms with van der Waals surface area (Å²) in [6.07, 6.45) is 0.358. The van der Waals surface area contributed by atoms with Gasteiger partial charge in [0.25, 0.3) is 5.91 Å². The number of amides is 2. The van der Waals surface area contributed by atoms with Crippen LogP contribution in [0.2, 0.25) is 10.0 Å². The molecule has 0 spiro atoms. The van der Waals surface area contributed by atoms with E-state index in [1.54, 1.807) is 31.3 Å². The van der Waals surface area contributed by atoms with Gasteiger partial charge < -0.3 is 15.0 Å². The summed E-state index contributed by atoms with van der Waals surface area (Å²) in [6.45, 7) is 1.81. The van der Waals surface area contributed by atoms with Crippen LogP contribution in [0.4, 0.5) is 0 Å². The Morgan fingerprint density at radius 2 is 1.67 bits per heavy atom. The number of carbonyl (C=O) groups excluding carboxylic acids is 2. The van der Waals surface area contributed by atoms with Crippen molar-refractivity contribution in [1.29, 1.82) is 0 Å². The molecule has 1 atom stereocenters. The van der Waals surface area contributed by atoms with Gasteiger partial charge >= 0.3 is 0 Å². The third-order valence-corrected chi connectivity index (χ3v) is 6.10. The number of hydrogen-bond donors (Lipinski definition) is 1. The highest BCUT2D eigenvalue weighted by molar-refractivity contribution is 6.31. The van der Waals surface area contributed by atoms with E-state index in [4.69, 9.17) is 27.9 Å². The fourth-order valence-corrected chi connectivity index (χ4v) is 3.78. The SMILES string of the molecule is CNC(=O)C(Cc1ccccc1)N(Cc1ccccc1Cl)C(=O)COc1ccc(Cl)c(C)c1. The highest BCUT2D eigenvalue weighted by Gasteiger charge is 2.30. The van der Waals surface area contributed by atoms with Crippen molar-refractivity contribution in [2.45, 2.75) is 25.9 Å². The van der Waals surface area contributed by atoms with E-state index in [1.165, 1.54) is 4.90 Å². The van der Waals surface area contributed by atoms with Gasteiger partial charge in [-0.25, -0.2) is 0 Å². The van der Waals surface area contributed by atoms with Crippen molar-refractivity contribution >= 4 is 35.0 Å². The molecule has 1 unspecified atom stereocenters. The maximum Gasteiger partial charge on any atom is 0.261 e. The summed E-state index contributed by atoms with van der Waals surface area (Å²) in [5, 5.41) is 3.84. The van der Waals surface area contributed by atoms with Gasteiger partial charge in [0.05, 0.1) is 0 Å². The van der Waals surface area contributed by atoms with Gasteiger partial charge in [-0.15, -0.1) is 0 Å². The van der Waals surface area contributed by atoms with Crippen molar-refractivity contribution in [2.24, 2.45) is 0 Å². The summed E-state index contributed by atoms with van der Waals surface area (Å²) >= 11 is 12.5. The molecule has 0 aromatic heterocycles. The van der Waals surface area contributed by atoms with Crippen molar-refractivity contribution in [3.63, 3.8) is 0 Å². The van der Waals surface area contributed by atoms with Gasteiger partial charge in [0, 0.05) is 30.1 Å². The summed E-state index contributed by atoms with van der Waals surface area (Å²) < 4.78 is 5.75. The van der Waals surface area contributed by atoms with Crippen molar-refractivity contribution in [2.75, 3.05) is 13.7 Å². The van der Waals surface area contributed by atoms with Gasteiger partial charge in [0.2, 0.25) is 5.91 Å². The smallest absolute Gasteiger partial charge is 0.261 e. The number of nitrogens with zero attached hydrogens (tertiary/aromatic N) is 1. The summed E-state index contributed by atoms with van der Waals surface area (Å²) in [7, 11) is 1.56. The lowest BCUT2D eigenvalue weighted by atomic mass is 10.0. The van der Waals surface area contributed by atoms with Crippen molar-refractivity contribution in [3.05, 3.63) is 99.5 Å². The Morgan fingerprint density at radius 3 is 2.33 bits per heavy atom. The molecular formula is C26H26Cl2N2O3. The Morgan fingerprint density at radius 1 is 0.970 bits per heavy atom. The zero-order valence-electron chi connectivity index (χ0n) is 18.6. The van der Waals surface area contributed by atoms with E-state index in [0.29, 0.717) is 22.2 Å². The lowest BCUT2D eigenvalue weighted by Crippen LogP contribution is -2.51. The molecule has 0 heterocycles. The molecule has 0 saturated heterocycles. The van der Waals surface area contributed by atoms with Gasteiger partial charge in [-0.05, 0) is 47.9 Å². The van der Waals surface area contributed by atoms with Crippen molar-refractivity contribution in [3.8, 4) is 5.75 Å². The largest absolute Gasteiger partial charge is 0.484 e. The molecule has 0 aliphatic carbocycles. The third-order valence-electron chi connectivity index (χ3n) is 5.31. The molecule has 3 rings (SSSR count). The Kier molecular flexibility index (Phi) is 8.75.